The Kier molecular flexibility index (Phi) is 4.55. The summed E-state index contributed by atoms with van der Waals surface area (Å²) in [5, 5.41) is 9.63. The number of ether oxygens (including phenoxy) is 2. The van der Waals surface area contributed by atoms with Crippen LogP contribution in [0.1, 0.15) is 16.8 Å². The molecule has 0 atom stereocenters. The molecule has 2 aromatic rings. The summed E-state index contributed by atoms with van der Waals surface area (Å²) in [6.45, 7) is 0.767. The zero-order valence-corrected chi connectivity index (χ0v) is 13.4. The number of benzene rings is 1. The zero-order chi connectivity index (χ0) is 18.0. The highest BCUT2D eigenvalue weighted by atomic mass is 35.5. The van der Waals surface area contributed by atoms with Gasteiger partial charge in [-0.05, 0) is 35.9 Å². The van der Waals surface area contributed by atoms with Crippen LogP contribution in [0, 0.1) is 11.3 Å². The molecule has 0 saturated carbocycles. The quantitative estimate of drug-likeness (QED) is 0.729. The van der Waals surface area contributed by atoms with Gasteiger partial charge in [0.2, 0.25) is 0 Å². The normalized spacial score (nSPS) is 14.1. The van der Waals surface area contributed by atoms with Gasteiger partial charge in [-0.15, -0.1) is 0 Å². The number of pyridine rings is 1. The van der Waals surface area contributed by atoms with Crippen LogP contribution in [0.3, 0.4) is 0 Å². The Balaban J connectivity index is 1.96. The Morgan fingerprint density at radius 3 is 2.64 bits per heavy atom. The Morgan fingerprint density at radius 2 is 2.00 bits per heavy atom. The van der Waals surface area contributed by atoms with Crippen molar-refractivity contribution in [2.75, 3.05) is 13.2 Å². The third-order valence-electron chi connectivity index (χ3n) is 3.42. The van der Waals surface area contributed by atoms with Gasteiger partial charge in [-0.25, -0.2) is 0 Å². The van der Waals surface area contributed by atoms with E-state index in [-0.39, 0.29) is 11.3 Å². The van der Waals surface area contributed by atoms with Gasteiger partial charge in [0.1, 0.15) is 19.3 Å². The molecule has 1 aliphatic rings. The van der Waals surface area contributed by atoms with Crippen LogP contribution in [0.4, 0.5) is 13.2 Å². The van der Waals surface area contributed by atoms with E-state index in [0.717, 1.165) is 12.1 Å². The van der Waals surface area contributed by atoms with Crippen LogP contribution >= 0.6 is 11.6 Å². The molecule has 0 spiro atoms. The zero-order valence-electron chi connectivity index (χ0n) is 12.6. The average molecular weight is 367 g/mol. The Bertz CT molecular complexity index is 871. The van der Waals surface area contributed by atoms with Crippen molar-refractivity contribution in [2.45, 2.75) is 6.18 Å². The molecule has 128 valence electrons. The van der Waals surface area contributed by atoms with Crippen LogP contribution in [-0.2, 0) is 6.18 Å². The molecule has 0 N–H and O–H groups in total. The maximum absolute atomic E-state index is 12.6. The van der Waals surface area contributed by atoms with Crippen LogP contribution in [0.15, 0.2) is 30.5 Å². The summed E-state index contributed by atoms with van der Waals surface area (Å²) in [7, 11) is 0. The summed E-state index contributed by atoms with van der Waals surface area (Å²) in [6.07, 6.45) is -2.32. The summed E-state index contributed by atoms with van der Waals surface area (Å²) in [6, 6.07) is 7.18. The maximum Gasteiger partial charge on any atom is 0.417 e. The second-order valence-corrected chi connectivity index (χ2v) is 5.53. The van der Waals surface area contributed by atoms with Crippen LogP contribution in [0.5, 0.6) is 11.5 Å². The predicted molar refractivity (Wildman–Crippen MR) is 85.2 cm³/mol. The van der Waals surface area contributed by atoms with Crippen molar-refractivity contribution in [3.8, 4) is 17.6 Å². The molecule has 25 heavy (non-hydrogen) atoms. The highest BCUT2D eigenvalue weighted by Gasteiger charge is 2.30. The lowest BCUT2D eigenvalue weighted by atomic mass is 10.1. The molecular formula is C17H10ClF3N2O2. The molecule has 0 unspecified atom stereocenters. The first-order valence-electron chi connectivity index (χ1n) is 7.13. The van der Waals surface area contributed by atoms with Gasteiger partial charge in [-0.3, -0.25) is 4.98 Å². The van der Waals surface area contributed by atoms with Crippen molar-refractivity contribution in [2.24, 2.45) is 0 Å². The average Bonchev–Trinajstić information content (AvgIpc) is 2.59. The second kappa shape index (κ2) is 6.65. The number of nitriles is 1. The second-order valence-electron chi connectivity index (χ2n) is 5.13. The Morgan fingerprint density at radius 1 is 1.24 bits per heavy atom. The molecule has 1 aromatic heterocycles. The molecule has 0 bridgehead atoms. The number of alkyl halides is 3. The van der Waals surface area contributed by atoms with E-state index in [1.807, 2.05) is 6.07 Å². The molecule has 0 radical (unpaired) electrons. The Hall–Kier alpha value is -2.72. The third-order valence-corrected chi connectivity index (χ3v) is 3.70. The topological polar surface area (TPSA) is 55.1 Å². The van der Waals surface area contributed by atoms with Crippen molar-refractivity contribution in [1.82, 2.24) is 4.98 Å². The summed E-state index contributed by atoms with van der Waals surface area (Å²) < 4.78 is 48.6. The Labute approximate surface area is 146 Å². The summed E-state index contributed by atoms with van der Waals surface area (Å²) in [5.41, 5.74) is -0.105. The lowest BCUT2D eigenvalue weighted by Gasteiger charge is -2.19. The molecule has 2 heterocycles. The van der Waals surface area contributed by atoms with E-state index < -0.39 is 11.7 Å². The monoisotopic (exact) mass is 366 g/mol. The van der Waals surface area contributed by atoms with Crippen molar-refractivity contribution in [3.63, 3.8) is 0 Å². The molecule has 4 nitrogen and oxygen atoms in total. The highest BCUT2D eigenvalue weighted by Crippen LogP contribution is 2.39. The molecule has 1 aliphatic heterocycles. The standard InChI is InChI=1S/C17H10ClF3N2O2/c18-13-6-10(7-15-16(13)25-4-3-24-15)5-11(8-22)14-2-1-12(9-23-14)17(19,20)21/h1-2,5-7,9H,3-4H2. The smallest absolute Gasteiger partial charge is 0.417 e. The fourth-order valence-electron chi connectivity index (χ4n) is 2.27. The molecule has 3 rings (SSSR count). The number of hydrogen-bond donors (Lipinski definition) is 0. The highest BCUT2D eigenvalue weighted by molar-refractivity contribution is 6.32. The maximum atomic E-state index is 12.6. The fraction of sp³-hybridized carbons (Fsp3) is 0.176. The van der Waals surface area contributed by atoms with E-state index in [2.05, 4.69) is 4.98 Å². The molecule has 0 aliphatic carbocycles. The molecule has 0 saturated heterocycles. The number of rotatable bonds is 2. The number of allylic oxidation sites excluding steroid dienone is 1. The molecular weight excluding hydrogens is 357 g/mol. The first-order valence-corrected chi connectivity index (χ1v) is 7.51. The minimum Gasteiger partial charge on any atom is -0.486 e. The van der Waals surface area contributed by atoms with Crippen LogP contribution in [0.2, 0.25) is 5.02 Å². The SMILES string of the molecule is N#CC(=Cc1cc(Cl)c2c(c1)OCCO2)c1ccc(C(F)(F)F)cn1. The van der Waals surface area contributed by atoms with Crippen molar-refractivity contribution in [3.05, 3.63) is 52.3 Å². The molecule has 0 fully saturated rings. The van der Waals surface area contributed by atoms with E-state index in [4.69, 9.17) is 21.1 Å². The lowest BCUT2D eigenvalue weighted by molar-refractivity contribution is -0.137. The molecule has 8 heteroatoms. The van der Waals surface area contributed by atoms with Gasteiger partial charge in [-0.1, -0.05) is 11.6 Å². The minimum absolute atomic E-state index is 0.0986. The minimum atomic E-state index is -4.48. The third kappa shape index (κ3) is 3.69. The van der Waals surface area contributed by atoms with E-state index in [1.54, 1.807) is 12.1 Å². The number of nitrogens with zero attached hydrogens (tertiary/aromatic N) is 2. The van der Waals surface area contributed by atoms with Crippen LogP contribution in [-0.4, -0.2) is 18.2 Å². The number of halogens is 4. The van der Waals surface area contributed by atoms with Gasteiger partial charge in [0.25, 0.3) is 0 Å². The summed E-state index contributed by atoms with van der Waals surface area (Å²) >= 11 is 6.13. The van der Waals surface area contributed by atoms with Crippen LogP contribution in [0.25, 0.3) is 11.6 Å². The van der Waals surface area contributed by atoms with Crippen LogP contribution < -0.4 is 9.47 Å². The van der Waals surface area contributed by atoms with Gasteiger partial charge in [0.15, 0.2) is 11.5 Å². The first kappa shape index (κ1) is 17.1. The first-order chi connectivity index (χ1) is 11.9. The predicted octanol–water partition coefficient (Wildman–Crippen LogP) is 4.59. The summed E-state index contributed by atoms with van der Waals surface area (Å²) in [5.74, 6) is 0.874. The van der Waals surface area contributed by atoms with Crippen molar-refractivity contribution >= 4 is 23.3 Å². The fourth-order valence-corrected chi connectivity index (χ4v) is 2.54. The lowest BCUT2D eigenvalue weighted by Crippen LogP contribution is -2.15. The largest absolute Gasteiger partial charge is 0.486 e. The van der Waals surface area contributed by atoms with E-state index in [0.29, 0.717) is 41.5 Å². The molecule has 0 amide bonds. The van der Waals surface area contributed by atoms with Crippen molar-refractivity contribution < 1.29 is 22.6 Å². The summed E-state index contributed by atoms with van der Waals surface area (Å²) in [4.78, 5) is 3.72. The van der Waals surface area contributed by atoms with E-state index >= 15 is 0 Å². The van der Waals surface area contributed by atoms with Gasteiger partial charge in [0, 0.05) is 6.20 Å². The number of fused-ring (bicyclic) bond motifs is 1. The number of aromatic nitrogens is 1. The van der Waals surface area contributed by atoms with E-state index in [9.17, 15) is 18.4 Å². The van der Waals surface area contributed by atoms with Crippen molar-refractivity contribution in [1.29, 1.82) is 5.26 Å². The molecule has 1 aromatic carbocycles. The van der Waals surface area contributed by atoms with Gasteiger partial charge >= 0.3 is 6.18 Å². The van der Waals surface area contributed by atoms with Gasteiger partial charge in [-0.2, -0.15) is 18.4 Å². The van der Waals surface area contributed by atoms with Gasteiger partial charge < -0.3 is 9.47 Å². The van der Waals surface area contributed by atoms with E-state index in [1.165, 1.54) is 6.08 Å². The number of hydrogen-bond acceptors (Lipinski definition) is 4. The van der Waals surface area contributed by atoms with Gasteiger partial charge in [0.05, 0.1) is 21.9 Å².